The van der Waals surface area contributed by atoms with Gasteiger partial charge in [-0.3, -0.25) is 4.79 Å². The van der Waals surface area contributed by atoms with Crippen LogP contribution in [0.1, 0.15) is 18.2 Å². The topological polar surface area (TPSA) is 76.1 Å². The van der Waals surface area contributed by atoms with E-state index in [1.807, 2.05) is 61.5 Å². The summed E-state index contributed by atoms with van der Waals surface area (Å²) in [5.41, 5.74) is 3.55. The molecular weight excluding hydrogens is 340 g/mol. The Labute approximate surface area is 158 Å². The molecule has 6 nitrogen and oxygen atoms in total. The number of carbonyl (C=O) groups excluding carboxylic acids is 1. The molecule has 0 saturated heterocycles. The van der Waals surface area contributed by atoms with Crippen LogP contribution in [0, 0.1) is 6.92 Å². The van der Waals surface area contributed by atoms with Crippen LogP contribution in [0.4, 0.5) is 17.2 Å². The number of rotatable bonds is 7. The van der Waals surface area contributed by atoms with E-state index < -0.39 is 0 Å². The van der Waals surface area contributed by atoms with Crippen LogP contribution >= 0.6 is 0 Å². The highest BCUT2D eigenvalue weighted by Gasteiger charge is 2.06. The van der Waals surface area contributed by atoms with Crippen molar-refractivity contribution in [2.45, 2.75) is 20.3 Å². The summed E-state index contributed by atoms with van der Waals surface area (Å²) in [6, 6.07) is 17.0. The molecule has 3 aromatic rings. The minimum absolute atomic E-state index is 0.0305. The first kappa shape index (κ1) is 18.4. The van der Waals surface area contributed by atoms with E-state index >= 15 is 0 Å². The summed E-state index contributed by atoms with van der Waals surface area (Å²) in [4.78, 5) is 20.4. The van der Waals surface area contributed by atoms with Crippen LogP contribution < -0.4 is 15.4 Å². The van der Waals surface area contributed by atoms with Crippen molar-refractivity contribution >= 4 is 23.1 Å². The Morgan fingerprint density at radius 2 is 1.78 bits per heavy atom. The van der Waals surface area contributed by atoms with Gasteiger partial charge in [0.15, 0.2) is 6.61 Å². The van der Waals surface area contributed by atoms with Crippen LogP contribution in [0.5, 0.6) is 5.75 Å². The molecule has 0 aliphatic carbocycles. The molecule has 1 heterocycles. The highest BCUT2D eigenvalue weighted by Crippen LogP contribution is 2.19. The van der Waals surface area contributed by atoms with Crippen molar-refractivity contribution < 1.29 is 9.53 Å². The Hall–Kier alpha value is -3.41. The van der Waals surface area contributed by atoms with Gasteiger partial charge in [-0.2, -0.15) is 0 Å². The van der Waals surface area contributed by atoms with Crippen molar-refractivity contribution in [3.05, 3.63) is 72.2 Å². The highest BCUT2D eigenvalue weighted by molar-refractivity contribution is 5.92. The predicted octanol–water partition coefficient (Wildman–Crippen LogP) is 4.11. The van der Waals surface area contributed by atoms with E-state index in [4.69, 9.17) is 4.74 Å². The lowest BCUT2D eigenvalue weighted by Crippen LogP contribution is -2.20. The Kier molecular flexibility index (Phi) is 5.99. The Morgan fingerprint density at radius 3 is 2.52 bits per heavy atom. The maximum Gasteiger partial charge on any atom is 0.262 e. The van der Waals surface area contributed by atoms with Gasteiger partial charge in [-0.25, -0.2) is 9.97 Å². The van der Waals surface area contributed by atoms with Crippen LogP contribution in [0.25, 0.3) is 0 Å². The molecule has 0 unspecified atom stereocenters. The van der Waals surface area contributed by atoms with Crippen molar-refractivity contribution in [1.82, 2.24) is 9.97 Å². The minimum Gasteiger partial charge on any atom is -0.483 e. The molecular formula is C21H22N4O2. The summed E-state index contributed by atoms with van der Waals surface area (Å²) in [5.74, 6) is 1.27. The summed E-state index contributed by atoms with van der Waals surface area (Å²) >= 11 is 0. The molecule has 0 saturated carbocycles. The Bertz CT molecular complexity index is 910. The van der Waals surface area contributed by atoms with E-state index in [-0.39, 0.29) is 12.5 Å². The summed E-state index contributed by atoms with van der Waals surface area (Å²) in [6.07, 6.45) is 2.38. The summed E-state index contributed by atoms with van der Waals surface area (Å²) in [6.45, 7) is 3.93. The molecule has 6 heteroatoms. The molecule has 0 bridgehead atoms. The number of aryl methyl sites for hydroxylation is 2. The third-order valence-corrected chi connectivity index (χ3v) is 3.96. The number of hydrogen-bond donors (Lipinski definition) is 2. The number of carbonyl (C=O) groups is 1. The lowest BCUT2D eigenvalue weighted by Gasteiger charge is -2.11. The molecule has 2 aromatic carbocycles. The van der Waals surface area contributed by atoms with Gasteiger partial charge in [0.05, 0.1) is 0 Å². The van der Waals surface area contributed by atoms with Gasteiger partial charge >= 0.3 is 0 Å². The molecule has 3 rings (SSSR count). The van der Waals surface area contributed by atoms with Gasteiger partial charge < -0.3 is 15.4 Å². The third kappa shape index (κ3) is 5.28. The van der Waals surface area contributed by atoms with E-state index in [1.165, 1.54) is 6.33 Å². The molecule has 138 valence electrons. The second kappa shape index (κ2) is 8.80. The smallest absolute Gasteiger partial charge is 0.262 e. The largest absolute Gasteiger partial charge is 0.483 e. The minimum atomic E-state index is -0.201. The second-order valence-electron chi connectivity index (χ2n) is 6.05. The monoisotopic (exact) mass is 362 g/mol. The third-order valence-electron chi connectivity index (χ3n) is 3.96. The number of nitrogens with one attached hydrogen (secondary N) is 2. The number of para-hydroxylation sites is 1. The average Bonchev–Trinajstić information content (AvgIpc) is 2.68. The summed E-state index contributed by atoms with van der Waals surface area (Å²) in [5, 5.41) is 6.03. The standard InChI is InChI=1S/C21H22N4O2/c1-3-16-6-4-5-7-19(16)27-13-21(26)25-18-10-8-17(9-11-18)24-20-12-15(2)22-14-23-20/h4-12,14H,3,13H2,1-2H3,(H,25,26)(H,22,23,24). The van der Waals surface area contributed by atoms with Gasteiger partial charge in [-0.05, 0) is 49.2 Å². The molecule has 0 atom stereocenters. The zero-order valence-electron chi connectivity index (χ0n) is 15.4. The van der Waals surface area contributed by atoms with E-state index in [9.17, 15) is 4.79 Å². The van der Waals surface area contributed by atoms with Crippen LogP contribution in [0.3, 0.4) is 0 Å². The Morgan fingerprint density at radius 1 is 1.04 bits per heavy atom. The van der Waals surface area contributed by atoms with Crippen LogP contribution in [0.15, 0.2) is 60.9 Å². The average molecular weight is 362 g/mol. The number of ether oxygens (including phenoxy) is 1. The van der Waals surface area contributed by atoms with Crippen LogP contribution in [-0.2, 0) is 11.2 Å². The van der Waals surface area contributed by atoms with Crippen molar-refractivity contribution in [1.29, 1.82) is 0 Å². The fraction of sp³-hybridized carbons (Fsp3) is 0.190. The molecule has 0 radical (unpaired) electrons. The molecule has 0 spiro atoms. The summed E-state index contributed by atoms with van der Waals surface area (Å²) < 4.78 is 5.64. The Balaban J connectivity index is 1.54. The van der Waals surface area contributed by atoms with Gasteiger partial charge in [0.2, 0.25) is 0 Å². The molecule has 27 heavy (non-hydrogen) atoms. The molecule has 1 amide bonds. The molecule has 0 aliphatic heterocycles. The number of nitrogens with zero attached hydrogens (tertiary/aromatic N) is 2. The van der Waals surface area contributed by atoms with Gasteiger partial charge in [0, 0.05) is 23.1 Å². The molecule has 0 fully saturated rings. The SMILES string of the molecule is CCc1ccccc1OCC(=O)Nc1ccc(Nc2cc(C)ncn2)cc1. The van der Waals surface area contributed by atoms with Crippen LogP contribution in [0.2, 0.25) is 0 Å². The van der Waals surface area contributed by atoms with Gasteiger partial charge in [-0.15, -0.1) is 0 Å². The van der Waals surface area contributed by atoms with E-state index in [0.717, 1.165) is 34.9 Å². The lowest BCUT2D eigenvalue weighted by molar-refractivity contribution is -0.118. The maximum absolute atomic E-state index is 12.1. The number of amides is 1. The number of benzene rings is 2. The maximum atomic E-state index is 12.1. The molecule has 2 N–H and O–H groups in total. The molecule has 0 aliphatic rings. The number of hydrogen-bond acceptors (Lipinski definition) is 5. The highest BCUT2D eigenvalue weighted by atomic mass is 16.5. The van der Waals surface area contributed by atoms with Crippen LogP contribution in [-0.4, -0.2) is 22.5 Å². The van der Waals surface area contributed by atoms with E-state index in [0.29, 0.717) is 5.69 Å². The lowest BCUT2D eigenvalue weighted by atomic mass is 10.1. The second-order valence-corrected chi connectivity index (χ2v) is 6.05. The normalized spacial score (nSPS) is 10.3. The fourth-order valence-corrected chi connectivity index (χ4v) is 2.58. The quantitative estimate of drug-likeness (QED) is 0.661. The summed E-state index contributed by atoms with van der Waals surface area (Å²) in [7, 11) is 0. The molecule has 1 aromatic heterocycles. The zero-order valence-corrected chi connectivity index (χ0v) is 15.4. The first-order valence-corrected chi connectivity index (χ1v) is 8.80. The van der Waals surface area contributed by atoms with Crippen molar-refractivity contribution in [3.8, 4) is 5.75 Å². The van der Waals surface area contributed by atoms with Gasteiger partial charge in [0.25, 0.3) is 5.91 Å². The van der Waals surface area contributed by atoms with Crippen molar-refractivity contribution in [3.63, 3.8) is 0 Å². The first-order chi connectivity index (χ1) is 13.1. The van der Waals surface area contributed by atoms with Crippen molar-refractivity contribution in [2.75, 3.05) is 17.2 Å². The van der Waals surface area contributed by atoms with Crippen molar-refractivity contribution in [2.24, 2.45) is 0 Å². The van der Waals surface area contributed by atoms with Gasteiger partial charge in [-0.1, -0.05) is 25.1 Å². The predicted molar refractivity (Wildman–Crippen MR) is 106 cm³/mol. The van der Waals surface area contributed by atoms with E-state index in [2.05, 4.69) is 27.5 Å². The zero-order chi connectivity index (χ0) is 19.1. The van der Waals surface area contributed by atoms with E-state index in [1.54, 1.807) is 0 Å². The number of aromatic nitrogens is 2. The van der Waals surface area contributed by atoms with Gasteiger partial charge in [0.1, 0.15) is 17.9 Å². The first-order valence-electron chi connectivity index (χ1n) is 8.80. The number of anilines is 3. The fourth-order valence-electron chi connectivity index (χ4n) is 2.58.